The molecule has 0 fully saturated rings. The molecule has 0 aromatic rings. The Morgan fingerprint density at radius 1 is 0.793 bits per heavy atom. The van der Waals surface area contributed by atoms with Gasteiger partial charge in [-0.05, 0) is 0 Å². The minimum absolute atomic E-state index is 0. The topological polar surface area (TPSA) is 3.24 Å². The van der Waals surface area contributed by atoms with Crippen LogP contribution in [0.5, 0.6) is 0 Å². The zero-order valence-corrected chi connectivity index (χ0v) is 23.1. The van der Waals surface area contributed by atoms with Gasteiger partial charge in [0.25, 0.3) is 0 Å². The van der Waals surface area contributed by atoms with Crippen LogP contribution in [0.15, 0.2) is 20.6 Å². The molecule has 0 saturated heterocycles. The Kier molecular flexibility index (Phi) is 20.2. The average Bonchev–Trinajstić information content (AvgIpc) is 2.98. The minimum Gasteiger partial charge on any atom is -1.00 e. The van der Waals surface area contributed by atoms with Gasteiger partial charge in [-0.3, -0.25) is 0 Å². The zero-order chi connectivity index (χ0) is 20.2. The van der Waals surface area contributed by atoms with E-state index in [2.05, 4.69) is 66.9 Å². The summed E-state index contributed by atoms with van der Waals surface area (Å²) in [7, 11) is 0. The normalized spacial score (nSPS) is 16.2. The summed E-state index contributed by atoms with van der Waals surface area (Å²) in [6.45, 7) is 18.1. The molecular weight excluding hydrogens is 433 g/mol. The maximum atomic E-state index is 2.74. The first-order valence-corrected chi connectivity index (χ1v) is 12.7. The molecule has 0 N–H and O–H groups in total. The first-order valence-electron chi connectivity index (χ1n) is 11.9. The molecule has 0 amide bonds. The summed E-state index contributed by atoms with van der Waals surface area (Å²) in [5.74, 6) is 1.49. The smallest absolute Gasteiger partial charge is 1.00 e. The molecule has 0 aromatic heterocycles. The van der Waals surface area contributed by atoms with E-state index in [9.17, 15) is 0 Å². The monoisotopic (exact) mass is 478 g/mol. The molecule has 2 atom stereocenters. The van der Waals surface area contributed by atoms with Crippen LogP contribution in [-0.2, 0) is 20.4 Å². The first-order chi connectivity index (χ1) is 13.0. The third-order valence-electron chi connectivity index (χ3n) is 6.29. The number of rotatable bonds is 15. The molecule has 2 unspecified atom stereocenters. The van der Waals surface area contributed by atoms with Crippen molar-refractivity contribution in [3.05, 3.63) is 20.6 Å². The predicted octanol–water partition coefficient (Wildman–Crippen LogP) is 1.66. The Balaban J connectivity index is 0. The number of hydrogen-bond donors (Lipinski definition) is 0. The Labute approximate surface area is 207 Å². The van der Waals surface area contributed by atoms with Crippen molar-refractivity contribution in [2.75, 3.05) is 19.6 Å². The van der Waals surface area contributed by atoms with Gasteiger partial charge in [0.1, 0.15) is 0 Å². The number of nitrogens with zero attached hydrogens (tertiary/aromatic N) is 1. The van der Waals surface area contributed by atoms with Crippen LogP contribution >= 0.6 is 0 Å². The minimum atomic E-state index is 0. The number of halogens is 2. The fraction of sp³-hybridized carbons (Fsp3) is 0.840. The average molecular weight is 479 g/mol. The molecular formula is C25H46Cl2NTi. The molecule has 169 valence electrons. The SMILES string of the molecule is CCCCN(CCCC)CCC1=C(C(C)CCC)[C]([Ti+2])=C(C(C)CCC)C1.[Cl-].[Cl-]. The van der Waals surface area contributed by atoms with Crippen molar-refractivity contribution in [1.82, 2.24) is 4.90 Å². The van der Waals surface area contributed by atoms with Crippen LogP contribution in [0.25, 0.3) is 0 Å². The Morgan fingerprint density at radius 2 is 1.31 bits per heavy atom. The van der Waals surface area contributed by atoms with E-state index in [0.717, 1.165) is 11.8 Å². The molecule has 0 bridgehead atoms. The van der Waals surface area contributed by atoms with Crippen LogP contribution in [0.1, 0.15) is 106 Å². The van der Waals surface area contributed by atoms with Gasteiger partial charge in [-0.1, -0.05) is 0 Å². The molecule has 1 nitrogen and oxygen atoms in total. The number of hydrogen-bond acceptors (Lipinski definition) is 1. The van der Waals surface area contributed by atoms with Gasteiger partial charge in [0, 0.05) is 0 Å². The van der Waals surface area contributed by atoms with E-state index < -0.39 is 0 Å². The molecule has 0 saturated carbocycles. The van der Waals surface area contributed by atoms with Crippen molar-refractivity contribution in [2.45, 2.75) is 106 Å². The Hall–Kier alpha value is 0.734. The van der Waals surface area contributed by atoms with E-state index in [1.807, 2.05) is 0 Å². The second-order valence-electron chi connectivity index (χ2n) is 8.77. The molecule has 1 aliphatic carbocycles. The summed E-state index contributed by atoms with van der Waals surface area (Å²) in [6.07, 6.45) is 13.1. The van der Waals surface area contributed by atoms with E-state index >= 15 is 0 Å². The molecule has 4 heteroatoms. The van der Waals surface area contributed by atoms with Crippen LogP contribution in [0.4, 0.5) is 0 Å². The first kappa shape index (κ1) is 31.9. The molecule has 0 heterocycles. The summed E-state index contributed by atoms with van der Waals surface area (Å²) in [4.78, 5) is 2.74. The summed E-state index contributed by atoms with van der Waals surface area (Å²) in [5.41, 5.74) is 5.30. The van der Waals surface area contributed by atoms with Gasteiger partial charge < -0.3 is 24.8 Å². The molecule has 0 aromatic carbocycles. The Bertz CT molecular complexity index is 479. The summed E-state index contributed by atoms with van der Waals surface area (Å²) in [6, 6.07) is 0. The van der Waals surface area contributed by atoms with Crippen molar-refractivity contribution >= 4 is 0 Å². The fourth-order valence-electron chi connectivity index (χ4n) is 4.58. The third kappa shape index (κ3) is 10.7. The Morgan fingerprint density at radius 3 is 1.79 bits per heavy atom. The summed E-state index contributed by atoms with van der Waals surface area (Å²) < 4.78 is 1.67. The van der Waals surface area contributed by atoms with Gasteiger partial charge in [-0.25, -0.2) is 0 Å². The van der Waals surface area contributed by atoms with Gasteiger partial charge in [-0.2, -0.15) is 0 Å². The van der Waals surface area contributed by atoms with Crippen molar-refractivity contribution in [3.63, 3.8) is 0 Å². The summed E-state index contributed by atoms with van der Waals surface area (Å²) in [5, 5.41) is 0. The van der Waals surface area contributed by atoms with E-state index in [1.165, 1.54) is 83.8 Å². The van der Waals surface area contributed by atoms with Crippen molar-refractivity contribution < 1.29 is 45.2 Å². The third-order valence-corrected chi connectivity index (χ3v) is 7.21. The van der Waals surface area contributed by atoms with E-state index in [0.29, 0.717) is 0 Å². The van der Waals surface area contributed by atoms with Crippen LogP contribution < -0.4 is 24.8 Å². The van der Waals surface area contributed by atoms with Crippen LogP contribution in [0.3, 0.4) is 0 Å². The summed E-state index contributed by atoms with van der Waals surface area (Å²) >= 11 is 2.43. The van der Waals surface area contributed by atoms with Crippen LogP contribution in [-0.4, -0.2) is 24.5 Å². The number of unbranched alkanes of at least 4 members (excludes halogenated alkanes) is 2. The quantitative estimate of drug-likeness (QED) is 0.323. The van der Waals surface area contributed by atoms with Crippen LogP contribution in [0, 0.1) is 11.8 Å². The van der Waals surface area contributed by atoms with Crippen molar-refractivity contribution in [3.8, 4) is 0 Å². The van der Waals surface area contributed by atoms with Crippen molar-refractivity contribution in [1.29, 1.82) is 0 Å². The van der Waals surface area contributed by atoms with Gasteiger partial charge >= 0.3 is 183 Å². The molecule has 0 radical (unpaired) electrons. The van der Waals surface area contributed by atoms with E-state index in [4.69, 9.17) is 0 Å². The second kappa shape index (κ2) is 18.3. The van der Waals surface area contributed by atoms with Gasteiger partial charge in [-0.15, -0.1) is 0 Å². The van der Waals surface area contributed by atoms with Gasteiger partial charge in [0.05, 0.1) is 0 Å². The van der Waals surface area contributed by atoms with E-state index in [1.54, 1.807) is 20.6 Å². The number of allylic oxidation sites excluding steroid dienone is 3. The maximum absolute atomic E-state index is 2.74. The second-order valence-corrected chi connectivity index (χ2v) is 9.55. The molecule has 0 spiro atoms. The van der Waals surface area contributed by atoms with Crippen molar-refractivity contribution in [2.24, 2.45) is 11.8 Å². The predicted molar refractivity (Wildman–Crippen MR) is 118 cm³/mol. The zero-order valence-electron chi connectivity index (χ0n) is 20.1. The largest absolute Gasteiger partial charge is 1.00 e. The maximum Gasteiger partial charge on any atom is -1.00 e. The fourth-order valence-corrected chi connectivity index (χ4v) is 5.76. The molecule has 29 heavy (non-hydrogen) atoms. The van der Waals surface area contributed by atoms with Crippen LogP contribution in [0.2, 0.25) is 0 Å². The van der Waals surface area contributed by atoms with Gasteiger partial charge in [0.15, 0.2) is 0 Å². The van der Waals surface area contributed by atoms with Gasteiger partial charge in [0.2, 0.25) is 0 Å². The van der Waals surface area contributed by atoms with E-state index in [-0.39, 0.29) is 24.8 Å². The standard InChI is InChI=1S/C25H46N.2ClH.Ti/c1-7-11-16-26(17-12-8-2)18-15-23-19-24(21(5)13-9-3)20-25(23)22(6)14-10-4;;;/h21-22H,7-19H2,1-6H3;2*1H;/q;;;+2/p-2. The molecule has 0 aliphatic heterocycles. The molecule has 1 rings (SSSR count). The molecule has 1 aliphatic rings.